The summed E-state index contributed by atoms with van der Waals surface area (Å²) in [5, 5.41) is 0. The first kappa shape index (κ1) is 21.9. The normalized spacial score (nSPS) is 10.9. The first-order chi connectivity index (χ1) is 14.6. The summed E-state index contributed by atoms with van der Waals surface area (Å²) < 4.78 is 46.1. The molecule has 1 aromatic heterocycles. The average Bonchev–Trinajstić information content (AvgIpc) is 2.76. The second-order valence-corrected chi connectivity index (χ2v) is 7.32. The number of unbranched alkanes of at least 4 members (excludes halogenated alkanes) is 5. The number of benzene rings is 2. The zero-order chi connectivity index (χ0) is 21.3. The summed E-state index contributed by atoms with van der Waals surface area (Å²) in [5.74, 6) is -2.81. The summed E-state index contributed by atoms with van der Waals surface area (Å²) in [6.45, 7) is 2.93. The third-order valence-corrected chi connectivity index (χ3v) is 5.04. The summed E-state index contributed by atoms with van der Waals surface area (Å²) >= 11 is 0. The van der Waals surface area contributed by atoms with Crippen LogP contribution < -0.4 is 4.74 Å². The van der Waals surface area contributed by atoms with Crippen LogP contribution in [0.15, 0.2) is 54.6 Å². The first-order valence-corrected chi connectivity index (χ1v) is 10.4. The van der Waals surface area contributed by atoms with E-state index < -0.39 is 17.7 Å². The summed E-state index contributed by atoms with van der Waals surface area (Å²) in [4.78, 5) is 2.97. The molecule has 3 aromatic rings. The van der Waals surface area contributed by atoms with Crippen LogP contribution in [0.4, 0.5) is 13.2 Å². The fraction of sp³-hybridized carbons (Fsp3) is 0.320. The van der Waals surface area contributed by atoms with Crippen molar-refractivity contribution in [1.82, 2.24) is 4.98 Å². The Hall–Kier alpha value is -2.82. The van der Waals surface area contributed by atoms with Crippen LogP contribution in [-0.2, 0) is 0 Å². The van der Waals surface area contributed by atoms with Crippen molar-refractivity contribution in [1.29, 1.82) is 0 Å². The SMILES string of the molecule is CCCCCCCCOc1ccc(-c2ccc(-c3cc(F)c(F)nc3F)cc2)cc1. The maximum Gasteiger partial charge on any atom is 0.251 e. The summed E-state index contributed by atoms with van der Waals surface area (Å²) in [7, 11) is 0. The molecule has 0 spiro atoms. The topological polar surface area (TPSA) is 22.1 Å². The molecular formula is C25H26F3NO. The van der Waals surface area contributed by atoms with Gasteiger partial charge in [0.05, 0.1) is 6.61 Å². The first-order valence-electron chi connectivity index (χ1n) is 10.4. The summed E-state index contributed by atoms with van der Waals surface area (Å²) in [6.07, 6.45) is 7.36. The quantitative estimate of drug-likeness (QED) is 0.253. The number of nitrogens with zero attached hydrogens (tertiary/aromatic N) is 1. The highest BCUT2D eigenvalue weighted by atomic mass is 19.2. The molecule has 0 atom stereocenters. The minimum absolute atomic E-state index is 0.0705. The Kier molecular flexibility index (Phi) is 7.89. The Morgan fingerprint density at radius 2 is 1.27 bits per heavy atom. The Morgan fingerprint density at radius 1 is 0.700 bits per heavy atom. The Bertz CT molecular complexity index is 940. The molecule has 0 aliphatic rings. The minimum atomic E-state index is -1.44. The molecule has 0 saturated heterocycles. The lowest BCUT2D eigenvalue weighted by atomic mass is 10.0. The zero-order valence-corrected chi connectivity index (χ0v) is 17.1. The van der Waals surface area contributed by atoms with Crippen molar-refractivity contribution in [3.8, 4) is 28.0 Å². The van der Waals surface area contributed by atoms with Gasteiger partial charge in [0.25, 0.3) is 5.95 Å². The highest BCUT2D eigenvalue weighted by Crippen LogP contribution is 2.28. The molecule has 0 fully saturated rings. The standard InChI is InChI=1S/C25H26F3NO/c1-2-3-4-5-6-7-16-30-21-14-12-19(13-15-21)18-8-10-20(11-9-18)22-17-23(26)25(28)29-24(22)27/h8-15,17H,2-7,16H2,1H3. The van der Waals surface area contributed by atoms with E-state index in [9.17, 15) is 13.2 Å². The number of hydrogen-bond donors (Lipinski definition) is 0. The molecule has 158 valence electrons. The van der Waals surface area contributed by atoms with Gasteiger partial charge in [-0.2, -0.15) is 13.8 Å². The smallest absolute Gasteiger partial charge is 0.251 e. The van der Waals surface area contributed by atoms with Gasteiger partial charge in [0.2, 0.25) is 5.95 Å². The molecule has 30 heavy (non-hydrogen) atoms. The number of ether oxygens (including phenoxy) is 1. The van der Waals surface area contributed by atoms with Crippen molar-refractivity contribution >= 4 is 0 Å². The molecule has 0 amide bonds. The molecule has 0 aliphatic carbocycles. The number of hydrogen-bond acceptors (Lipinski definition) is 2. The van der Waals surface area contributed by atoms with E-state index in [0.717, 1.165) is 29.4 Å². The third kappa shape index (κ3) is 5.85. The van der Waals surface area contributed by atoms with Gasteiger partial charge < -0.3 is 4.74 Å². The largest absolute Gasteiger partial charge is 0.494 e. The second kappa shape index (κ2) is 10.8. The van der Waals surface area contributed by atoms with Gasteiger partial charge in [0.15, 0.2) is 5.82 Å². The van der Waals surface area contributed by atoms with Gasteiger partial charge in [-0.1, -0.05) is 75.4 Å². The number of pyridine rings is 1. The van der Waals surface area contributed by atoms with E-state index in [1.165, 1.54) is 32.1 Å². The van der Waals surface area contributed by atoms with Crippen LogP contribution in [0.2, 0.25) is 0 Å². The van der Waals surface area contributed by atoms with Gasteiger partial charge in [-0.05, 0) is 41.3 Å². The molecule has 2 nitrogen and oxygen atoms in total. The van der Waals surface area contributed by atoms with Crippen molar-refractivity contribution in [3.63, 3.8) is 0 Å². The van der Waals surface area contributed by atoms with E-state index in [1.54, 1.807) is 12.1 Å². The number of rotatable bonds is 10. The lowest BCUT2D eigenvalue weighted by Gasteiger charge is -2.09. The lowest BCUT2D eigenvalue weighted by Crippen LogP contribution is -1.97. The van der Waals surface area contributed by atoms with Crippen molar-refractivity contribution in [2.45, 2.75) is 45.4 Å². The maximum absolute atomic E-state index is 13.9. The lowest BCUT2D eigenvalue weighted by molar-refractivity contribution is 0.304. The predicted molar refractivity (Wildman–Crippen MR) is 114 cm³/mol. The fourth-order valence-electron chi connectivity index (χ4n) is 3.31. The highest BCUT2D eigenvalue weighted by Gasteiger charge is 2.13. The second-order valence-electron chi connectivity index (χ2n) is 7.32. The van der Waals surface area contributed by atoms with Gasteiger partial charge in [-0.3, -0.25) is 0 Å². The van der Waals surface area contributed by atoms with Crippen LogP contribution in [0.25, 0.3) is 22.3 Å². The van der Waals surface area contributed by atoms with Crippen LogP contribution in [0.1, 0.15) is 45.4 Å². The van der Waals surface area contributed by atoms with Crippen LogP contribution in [0.5, 0.6) is 5.75 Å². The summed E-state index contributed by atoms with van der Waals surface area (Å²) in [5.41, 5.74) is 2.27. The average molecular weight is 413 g/mol. The summed E-state index contributed by atoms with van der Waals surface area (Å²) in [6, 6.07) is 15.5. The molecule has 0 bridgehead atoms. The molecule has 0 radical (unpaired) electrons. The highest BCUT2D eigenvalue weighted by molar-refractivity contribution is 5.70. The van der Waals surface area contributed by atoms with Crippen molar-refractivity contribution in [2.24, 2.45) is 0 Å². The number of aromatic nitrogens is 1. The fourth-order valence-corrected chi connectivity index (χ4v) is 3.31. The molecular weight excluding hydrogens is 387 g/mol. The molecule has 3 rings (SSSR count). The van der Waals surface area contributed by atoms with Crippen molar-refractivity contribution in [3.05, 3.63) is 72.3 Å². The van der Waals surface area contributed by atoms with Gasteiger partial charge in [-0.15, -0.1) is 0 Å². The van der Waals surface area contributed by atoms with E-state index in [1.807, 2.05) is 36.4 Å². The van der Waals surface area contributed by atoms with Gasteiger partial charge in [0, 0.05) is 5.56 Å². The number of halogens is 3. The van der Waals surface area contributed by atoms with Crippen LogP contribution in [0, 0.1) is 17.7 Å². The Labute approximate surface area is 175 Å². The van der Waals surface area contributed by atoms with Gasteiger partial charge in [-0.25, -0.2) is 4.39 Å². The van der Waals surface area contributed by atoms with Gasteiger partial charge >= 0.3 is 0 Å². The van der Waals surface area contributed by atoms with E-state index in [2.05, 4.69) is 11.9 Å². The molecule has 0 N–H and O–H groups in total. The maximum atomic E-state index is 13.9. The van der Waals surface area contributed by atoms with Crippen LogP contribution >= 0.6 is 0 Å². The molecule has 0 aliphatic heterocycles. The van der Waals surface area contributed by atoms with Gasteiger partial charge in [0.1, 0.15) is 5.75 Å². The predicted octanol–water partition coefficient (Wildman–Crippen LogP) is 7.57. The zero-order valence-electron chi connectivity index (χ0n) is 17.1. The monoisotopic (exact) mass is 413 g/mol. The molecule has 1 heterocycles. The Balaban J connectivity index is 1.57. The molecule has 0 saturated carbocycles. The van der Waals surface area contributed by atoms with Crippen LogP contribution in [-0.4, -0.2) is 11.6 Å². The molecule has 5 heteroatoms. The molecule has 0 unspecified atom stereocenters. The van der Waals surface area contributed by atoms with E-state index >= 15 is 0 Å². The minimum Gasteiger partial charge on any atom is -0.494 e. The van der Waals surface area contributed by atoms with E-state index in [0.29, 0.717) is 12.2 Å². The Morgan fingerprint density at radius 3 is 1.93 bits per heavy atom. The third-order valence-electron chi connectivity index (χ3n) is 5.04. The van der Waals surface area contributed by atoms with Crippen molar-refractivity contribution in [2.75, 3.05) is 6.61 Å². The molecule has 2 aromatic carbocycles. The van der Waals surface area contributed by atoms with Crippen LogP contribution in [0.3, 0.4) is 0 Å². The van der Waals surface area contributed by atoms with Crippen molar-refractivity contribution < 1.29 is 17.9 Å². The van der Waals surface area contributed by atoms with E-state index in [-0.39, 0.29) is 5.56 Å². The van der Waals surface area contributed by atoms with E-state index in [4.69, 9.17) is 4.74 Å².